The lowest BCUT2D eigenvalue weighted by Crippen LogP contribution is -2.61. The number of anilines is 2. The maximum absolute atomic E-state index is 9.84. The molecule has 0 radical (unpaired) electrons. The Morgan fingerprint density at radius 1 is 1.10 bits per heavy atom. The smallest absolute Gasteiger partial charge is 0.156 e. The highest BCUT2D eigenvalue weighted by Gasteiger charge is 2.50. The molecule has 1 saturated heterocycles. The lowest BCUT2D eigenvalue weighted by atomic mass is 9.57. The van der Waals surface area contributed by atoms with Gasteiger partial charge in [-0.3, -0.25) is 4.68 Å². The monoisotopic (exact) mass is 536 g/mol. The van der Waals surface area contributed by atoms with Crippen molar-refractivity contribution in [3.8, 4) is 0 Å². The Kier molecular flexibility index (Phi) is 6.71. The molecule has 10 nitrogen and oxygen atoms in total. The molecule has 3 saturated carbocycles. The highest BCUT2D eigenvalue weighted by molar-refractivity contribution is 6.01. The maximum atomic E-state index is 9.84. The highest BCUT2D eigenvalue weighted by Crippen LogP contribution is 2.53. The Hall–Kier alpha value is -2.56. The standard InChI is InChI=1S/C29H44N8O2/c1-19(30)24-25(31-4)26(34-21(3)33-24)36-12-5-23-22(13-36)20(2)35-37(23)15-27-6-9-29(10-7-27,11-8-27)32-14-28(16-38)17-39-18-28/h30-32,38H,5-18H2,1-4H3. The van der Waals surface area contributed by atoms with Crippen LogP contribution in [0.2, 0.25) is 0 Å². The van der Waals surface area contributed by atoms with Crippen LogP contribution in [0.1, 0.15) is 73.9 Å². The van der Waals surface area contributed by atoms with Gasteiger partial charge in [-0.25, -0.2) is 9.97 Å². The van der Waals surface area contributed by atoms with E-state index in [-0.39, 0.29) is 17.6 Å². The fourth-order valence-corrected chi connectivity index (χ4v) is 7.36. The van der Waals surface area contributed by atoms with Crippen LogP contribution in [0.5, 0.6) is 0 Å². The topological polar surface area (TPSA) is 124 Å². The first-order chi connectivity index (χ1) is 18.7. The van der Waals surface area contributed by atoms with Crippen molar-refractivity contribution in [2.45, 2.75) is 84.3 Å². The molecular weight excluding hydrogens is 492 g/mol. The van der Waals surface area contributed by atoms with E-state index in [9.17, 15) is 5.11 Å². The summed E-state index contributed by atoms with van der Waals surface area (Å²) < 4.78 is 7.75. The van der Waals surface area contributed by atoms with Crippen molar-refractivity contribution >= 4 is 17.2 Å². The molecule has 4 N–H and O–H groups in total. The van der Waals surface area contributed by atoms with Crippen molar-refractivity contribution in [3.63, 3.8) is 0 Å². The van der Waals surface area contributed by atoms with E-state index in [1.807, 2.05) is 14.0 Å². The SMILES string of the molecule is CNc1c(C(C)=N)nc(C)nc1N1CCc2c(c(C)nn2CC23CCC(NCC4(CO)COC4)(CC2)CC3)C1. The minimum atomic E-state index is -0.0709. The van der Waals surface area contributed by atoms with E-state index in [0.717, 1.165) is 49.8 Å². The van der Waals surface area contributed by atoms with Gasteiger partial charge in [-0.15, -0.1) is 0 Å². The molecule has 4 fully saturated rings. The van der Waals surface area contributed by atoms with E-state index in [2.05, 4.69) is 32.1 Å². The van der Waals surface area contributed by atoms with Gasteiger partial charge < -0.3 is 30.8 Å². The summed E-state index contributed by atoms with van der Waals surface area (Å²) in [4.78, 5) is 11.6. The highest BCUT2D eigenvalue weighted by atomic mass is 16.5. The van der Waals surface area contributed by atoms with Crippen molar-refractivity contribution in [3.05, 3.63) is 28.5 Å². The van der Waals surface area contributed by atoms with Crippen LogP contribution in [-0.2, 0) is 24.2 Å². The van der Waals surface area contributed by atoms with E-state index in [1.54, 1.807) is 6.92 Å². The van der Waals surface area contributed by atoms with Gasteiger partial charge in [-0.2, -0.15) is 5.10 Å². The van der Waals surface area contributed by atoms with Gasteiger partial charge in [0.2, 0.25) is 0 Å². The molecule has 3 aliphatic carbocycles. The molecule has 2 bridgehead atoms. The van der Waals surface area contributed by atoms with E-state index in [0.29, 0.717) is 35.9 Å². The fourth-order valence-electron chi connectivity index (χ4n) is 7.36. The second kappa shape index (κ2) is 9.82. The Balaban J connectivity index is 1.16. The zero-order valence-electron chi connectivity index (χ0n) is 24.0. The second-order valence-electron chi connectivity index (χ2n) is 12.8. The maximum Gasteiger partial charge on any atom is 0.156 e. The minimum Gasteiger partial charge on any atom is -0.396 e. The van der Waals surface area contributed by atoms with E-state index in [1.165, 1.54) is 49.8 Å². The predicted molar refractivity (Wildman–Crippen MR) is 152 cm³/mol. The molecule has 39 heavy (non-hydrogen) atoms. The van der Waals surface area contributed by atoms with Crippen LogP contribution in [0.15, 0.2) is 0 Å². The van der Waals surface area contributed by atoms with E-state index in [4.69, 9.17) is 20.2 Å². The molecular formula is C29H44N8O2. The number of hydrogen-bond acceptors (Lipinski definition) is 9. The lowest BCUT2D eigenvalue weighted by Gasteiger charge is -2.55. The molecule has 0 aromatic carbocycles. The molecule has 7 rings (SSSR count). The molecule has 2 aromatic rings. The number of nitrogens with zero attached hydrogens (tertiary/aromatic N) is 5. The van der Waals surface area contributed by atoms with Crippen molar-refractivity contribution in [1.82, 2.24) is 25.1 Å². The summed E-state index contributed by atoms with van der Waals surface area (Å²) in [7, 11) is 1.88. The van der Waals surface area contributed by atoms with Crippen molar-refractivity contribution in [2.24, 2.45) is 10.8 Å². The largest absolute Gasteiger partial charge is 0.396 e. The fraction of sp³-hybridized carbons (Fsp3) is 0.724. The van der Waals surface area contributed by atoms with Crippen LogP contribution in [0.3, 0.4) is 0 Å². The summed E-state index contributed by atoms with van der Waals surface area (Å²) in [6.07, 6.45) is 8.27. The van der Waals surface area contributed by atoms with Gasteiger partial charge in [-0.1, -0.05) is 0 Å². The first-order valence-corrected chi connectivity index (χ1v) is 14.6. The lowest BCUT2D eigenvalue weighted by molar-refractivity contribution is -0.139. The summed E-state index contributed by atoms with van der Waals surface area (Å²) in [5.74, 6) is 1.57. The number of rotatable bonds is 9. The van der Waals surface area contributed by atoms with Crippen LogP contribution >= 0.6 is 0 Å². The average Bonchev–Trinajstić information content (AvgIpc) is 3.22. The number of hydrogen-bond donors (Lipinski definition) is 4. The van der Waals surface area contributed by atoms with Gasteiger partial charge >= 0.3 is 0 Å². The van der Waals surface area contributed by atoms with Gasteiger partial charge in [0.05, 0.1) is 36.6 Å². The van der Waals surface area contributed by atoms with Crippen LogP contribution in [-0.4, -0.2) is 76.1 Å². The third-order valence-electron chi connectivity index (χ3n) is 10.1. The summed E-state index contributed by atoms with van der Waals surface area (Å²) in [5, 5.41) is 30.3. The second-order valence-corrected chi connectivity index (χ2v) is 12.8. The molecule has 4 heterocycles. The summed E-state index contributed by atoms with van der Waals surface area (Å²) >= 11 is 0. The number of aryl methyl sites for hydroxylation is 2. The zero-order chi connectivity index (χ0) is 27.4. The molecule has 2 aromatic heterocycles. The molecule has 0 atom stereocenters. The van der Waals surface area contributed by atoms with E-state index < -0.39 is 0 Å². The average molecular weight is 537 g/mol. The first-order valence-electron chi connectivity index (χ1n) is 14.6. The number of nitrogens with one attached hydrogen (secondary N) is 3. The number of fused-ring (bicyclic) bond motifs is 4. The quantitative estimate of drug-likeness (QED) is 0.361. The number of aliphatic hydroxyl groups is 1. The van der Waals surface area contributed by atoms with Crippen LogP contribution < -0.4 is 15.5 Å². The molecule has 5 aliphatic rings. The van der Waals surface area contributed by atoms with Gasteiger partial charge in [0.1, 0.15) is 17.2 Å². The Bertz CT molecular complexity index is 1240. The first kappa shape index (κ1) is 26.7. The third kappa shape index (κ3) is 4.64. The van der Waals surface area contributed by atoms with Crippen molar-refractivity contribution < 1.29 is 9.84 Å². The normalized spacial score (nSPS) is 27.3. The molecule has 10 heteroatoms. The molecule has 0 spiro atoms. The molecule has 212 valence electrons. The van der Waals surface area contributed by atoms with Crippen LogP contribution in [0, 0.1) is 30.1 Å². The van der Waals surface area contributed by atoms with Gasteiger partial charge in [0.15, 0.2) is 5.82 Å². The number of aliphatic hydroxyl groups excluding tert-OH is 1. The van der Waals surface area contributed by atoms with Gasteiger partial charge in [-0.05, 0) is 64.7 Å². The summed E-state index contributed by atoms with van der Waals surface area (Å²) in [5.41, 5.74) is 6.26. The molecule has 0 amide bonds. The van der Waals surface area contributed by atoms with Crippen molar-refractivity contribution in [1.29, 1.82) is 5.41 Å². The number of aromatic nitrogens is 4. The van der Waals surface area contributed by atoms with E-state index >= 15 is 0 Å². The van der Waals surface area contributed by atoms with Crippen molar-refractivity contribution in [2.75, 3.05) is 50.2 Å². The Morgan fingerprint density at radius 3 is 2.41 bits per heavy atom. The minimum absolute atomic E-state index is 0.0709. The predicted octanol–water partition coefficient (Wildman–Crippen LogP) is 2.97. The third-order valence-corrected chi connectivity index (χ3v) is 10.1. The summed E-state index contributed by atoms with van der Waals surface area (Å²) in [6.45, 7) is 10.9. The van der Waals surface area contributed by atoms with Crippen LogP contribution in [0.25, 0.3) is 0 Å². The van der Waals surface area contributed by atoms with Gasteiger partial charge in [0.25, 0.3) is 0 Å². The van der Waals surface area contributed by atoms with Gasteiger partial charge in [0, 0.05) is 56.4 Å². The zero-order valence-corrected chi connectivity index (χ0v) is 24.0. The van der Waals surface area contributed by atoms with Crippen LogP contribution in [0.4, 0.5) is 11.5 Å². The Morgan fingerprint density at radius 2 is 1.82 bits per heavy atom. The Labute approximate surface area is 231 Å². The molecule has 0 unspecified atom stereocenters. The molecule has 2 aliphatic heterocycles. The summed E-state index contributed by atoms with van der Waals surface area (Å²) in [6, 6.07) is 0. The number of ether oxygens (including phenoxy) is 1.